The SMILES string of the molecule is CC/C=C\C/C=C\C/C=C\C/C=C\C/C=C\C/C=C\CCCCCCCCCCCCCCCCCCC(=O)OCC(COC(=O)CCCCCCCCCC)OC(=O)CCCCCCC/C=C\C/C=C\C/C=C\CC. The maximum atomic E-state index is 12.8. The molecule has 0 fully saturated rings. The third kappa shape index (κ3) is 60.9. The van der Waals surface area contributed by atoms with Crippen molar-refractivity contribution in [2.24, 2.45) is 0 Å². The van der Waals surface area contributed by atoms with Crippen molar-refractivity contribution in [2.75, 3.05) is 13.2 Å². The molecule has 1 atom stereocenters. The van der Waals surface area contributed by atoms with Crippen molar-refractivity contribution >= 4 is 17.9 Å². The van der Waals surface area contributed by atoms with Crippen molar-refractivity contribution in [3.63, 3.8) is 0 Å². The van der Waals surface area contributed by atoms with Crippen LogP contribution in [0.5, 0.6) is 0 Å². The summed E-state index contributed by atoms with van der Waals surface area (Å²) in [5.41, 5.74) is 0. The van der Waals surface area contributed by atoms with Gasteiger partial charge in [0, 0.05) is 19.3 Å². The van der Waals surface area contributed by atoms with Gasteiger partial charge in [0.25, 0.3) is 0 Å². The average molecular weight is 1060 g/mol. The van der Waals surface area contributed by atoms with Gasteiger partial charge < -0.3 is 14.2 Å². The minimum Gasteiger partial charge on any atom is -0.462 e. The van der Waals surface area contributed by atoms with Gasteiger partial charge in [0.2, 0.25) is 0 Å². The van der Waals surface area contributed by atoms with Crippen molar-refractivity contribution in [3.05, 3.63) is 109 Å². The van der Waals surface area contributed by atoms with E-state index in [1.807, 2.05) is 0 Å². The molecule has 6 nitrogen and oxygen atoms in total. The first-order valence-electron chi connectivity index (χ1n) is 31.9. The summed E-state index contributed by atoms with van der Waals surface area (Å²) in [6.45, 7) is 6.38. The Morgan fingerprint density at radius 1 is 0.276 bits per heavy atom. The summed E-state index contributed by atoms with van der Waals surface area (Å²) in [6, 6.07) is 0. The summed E-state index contributed by atoms with van der Waals surface area (Å²) >= 11 is 0. The highest BCUT2D eigenvalue weighted by atomic mass is 16.6. The standard InChI is InChI=1S/C70H118O6/c1-4-7-10-13-16-19-21-23-25-26-27-28-29-30-31-32-33-34-35-36-37-38-39-40-41-42-43-44-46-47-49-51-54-57-60-63-69(72)75-66-67(65-74-68(71)62-59-56-53-18-15-12-9-6-3)76-70(73)64-61-58-55-52-50-48-45-24-22-20-17-14-11-8-5-2/h7-8,10-11,16-17,19-20,23-25,27-28,30-31,33-34,45,67H,4-6,9,12-15,18,21-22,26,29,32,35-44,46-66H2,1-3H3/b10-7-,11-8-,19-16-,20-17-,25-23-,28-27-,31-30-,34-33-,45-24-. The molecule has 0 amide bonds. The quantitative estimate of drug-likeness (QED) is 0.0261. The van der Waals surface area contributed by atoms with E-state index in [-0.39, 0.29) is 31.1 Å². The van der Waals surface area contributed by atoms with Crippen LogP contribution in [0, 0.1) is 0 Å². The second-order valence-electron chi connectivity index (χ2n) is 20.9. The zero-order valence-electron chi connectivity index (χ0n) is 49.7. The second kappa shape index (κ2) is 63.6. The lowest BCUT2D eigenvalue weighted by Gasteiger charge is -2.18. The average Bonchev–Trinajstić information content (AvgIpc) is 3.42. The third-order valence-electron chi connectivity index (χ3n) is 13.5. The Hall–Kier alpha value is -3.93. The lowest BCUT2D eigenvalue weighted by molar-refractivity contribution is -0.167. The maximum absolute atomic E-state index is 12.8. The Labute approximate surface area is 470 Å². The predicted molar refractivity (Wildman–Crippen MR) is 330 cm³/mol. The fourth-order valence-electron chi connectivity index (χ4n) is 8.81. The van der Waals surface area contributed by atoms with Crippen LogP contribution >= 0.6 is 0 Å². The summed E-state index contributed by atoms with van der Waals surface area (Å²) < 4.78 is 16.8. The van der Waals surface area contributed by atoms with E-state index >= 15 is 0 Å². The number of unbranched alkanes of at least 4 members (excludes halogenated alkanes) is 28. The Morgan fingerprint density at radius 2 is 0.513 bits per heavy atom. The number of allylic oxidation sites excluding steroid dienone is 18. The van der Waals surface area contributed by atoms with Gasteiger partial charge in [0.05, 0.1) is 0 Å². The van der Waals surface area contributed by atoms with Gasteiger partial charge in [-0.2, -0.15) is 0 Å². The van der Waals surface area contributed by atoms with Crippen molar-refractivity contribution < 1.29 is 28.6 Å². The summed E-state index contributed by atoms with van der Waals surface area (Å²) in [6.07, 6.45) is 87.0. The Bertz CT molecular complexity index is 1540. The molecule has 0 saturated heterocycles. The number of esters is 3. The van der Waals surface area contributed by atoms with E-state index in [1.165, 1.54) is 122 Å². The molecular weight excluding hydrogens is 937 g/mol. The minimum atomic E-state index is -0.783. The van der Waals surface area contributed by atoms with E-state index in [9.17, 15) is 14.4 Å². The number of carbonyl (C=O) groups is 3. The van der Waals surface area contributed by atoms with Gasteiger partial charge in [0.1, 0.15) is 13.2 Å². The molecular formula is C70H118O6. The van der Waals surface area contributed by atoms with Gasteiger partial charge in [-0.1, -0.05) is 284 Å². The summed E-state index contributed by atoms with van der Waals surface area (Å²) in [4.78, 5) is 38.0. The topological polar surface area (TPSA) is 78.9 Å². The summed E-state index contributed by atoms with van der Waals surface area (Å²) in [5, 5.41) is 0. The molecule has 0 aliphatic heterocycles. The van der Waals surface area contributed by atoms with E-state index in [0.29, 0.717) is 19.3 Å². The van der Waals surface area contributed by atoms with E-state index in [0.717, 1.165) is 135 Å². The Balaban J connectivity index is 4.05. The van der Waals surface area contributed by atoms with Crippen molar-refractivity contribution in [1.82, 2.24) is 0 Å². The summed E-state index contributed by atoms with van der Waals surface area (Å²) in [7, 11) is 0. The van der Waals surface area contributed by atoms with Crippen LogP contribution in [-0.2, 0) is 28.6 Å². The van der Waals surface area contributed by atoms with Gasteiger partial charge in [-0.25, -0.2) is 0 Å². The molecule has 434 valence electrons. The van der Waals surface area contributed by atoms with Crippen molar-refractivity contribution in [3.8, 4) is 0 Å². The van der Waals surface area contributed by atoms with Gasteiger partial charge in [0.15, 0.2) is 6.10 Å². The van der Waals surface area contributed by atoms with Gasteiger partial charge in [-0.05, 0) is 103 Å². The second-order valence-corrected chi connectivity index (χ2v) is 20.9. The molecule has 0 aromatic heterocycles. The zero-order chi connectivity index (χ0) is 55.0. The molecule has 0 aliphatic rings. The predicted octanol–water partition coefficient (Wildman–Crippen LogP) is 21.8. The van der Waals surface area contributed by atoms with Crippen LogP contribution < -0.4 is 0 Å². The van der Waals surface area contributed by atoms with Gasteiger partial charge >= 0.3 is 17.9 Å². The molecule has 0 N–H and O–H groups in total. The van der Waals surface area contributed by atoms with E-state index in [2.05, 4.69) is 130 Å². The van der Waals surface area contributed by atoms with Crippen LogP contribution in [0.2, 0.25) is 0 Å². The molecule has 0 saturated carbocycles. The molecule has 0 rings (SSSR count). The maximum Gasteiger partial charge on any atom is 0.306 e. The smallest absolute Gasteiger partial charge is 0.306 e. The molecule has 0 heterocycles. The number of hydrogen-bond donors (Lipinski definition) is 0. The van der Waals surface area contributed by atoms with Crippen LogP contribution in [0.15, 0.2) is 109 Å². The van der Waals surface area contributed by atoms with Gasteiger partial charge in [-0.3, -0.25) is 14.4 Å². The lowest BCUT2D eigenvalue weighted by Crippen LogP contribution is -2.30. The molecule has 0 aromatic carbocycles. The first kappa shape index (κ1) is 72.1. The van der Waals surface area contributed by atoms with Crippen molar-refractivity contribution in [2.45, 2.75) is 303 Å². The zero-order valence-corrected chi connectivity index (χ0v) is 49.7. The molecule has 0 aromatic rings. The van der Waals surface area contributed by atoms with E-state index in [1.54, 1.807) is 0 Å². The summed E-state index contributed by atoms with van der Waals surface area (Å²) in [5.74, 6) is -0.897. The molecule has 0 aliphatic carbocycles. The van der Waals surface area contributed by atoms with Crippen molar-refractivity contribution in [1.29, 1.82) is 0 Å². The molecule has 6 heteroatoms. The van der Waals surface area contributed by atoms with E-state index < -0.39 is 6.10 Å². The fraction of sp³-hybridized carbons (Fsp3) is 0.700. The van der Waals surface area contributed by atoms with Gasteiger partial charge in [-0.15, -0.1) is 0 Å². The minimum absolute atomic E-state index is 0.0819. The molecule has 1 unspecified atom stereocenters. The molecule has 0 spiro atoms. The first-order valence-corrected chi connectivity index (χ1v) is 31.9. The Kier molecular flexibility index (Phi) is 60.3. The molecule has 0 radical (unpaired) electrons. The van der Waals surface area contributed by atoms with Crippen LogP contribution in [0.25, 0.3) is 0 Å². The number of carbonyl (C=O) groups excluding carboxylic acids is 3. The monoisotopic (exact) mass is 1050 g/mol. The number of hydrogen-bond acceptors (Lipinski definition) is 6. The highest BCUT2D eigenvalue weighted by Crippen LogP contribution is 2.16. The van der Waals surface area contributed by atoms with Crippen LogP contribution in [0.1, 0.15) is 297 Å². The lowest BCUT2D eigenvalue weighted by atomic mass is 10.0. The highest BCUT2D eigenvalue weighted by molar-refractivity contribution is 5.71. The largest absolute Gasteiger partial charge is 0.462 e. The number of rotatable bonds is 57. The third-order valence-corrected chi connectivity index (χ3v) is 13.5. The Morgan fingerprint density at radius 3 is 0.803 bits per heavy atom. The van der Waals surface area contributed by atoms with Crippen LogP contribution in [0.3, 0.4) is 0 Å². The highest BCUT2D eigenvalue weighted by Gasteiger charge is 2.19. The number of ether oxygens (including phenoxy) is 3. The normalized spacial score (nSPS) is 12.8. The first-order chi connectivity index (χ1) is 37.5. The van der Waals surface area contributed by atoms with Crippen LogP contribution in [-0.4, -0.2) is 37.2 Å². The molecule has 76 heavy (non-hydrogen) atoms. The van der Waals surface area contributed by atoms with E-state index in [4.69, 9.17) is 14.2 Å². The van der Waals surface area contributed by atoms with Crippen LogP contribution in [0.4, 0.5) is 0 Å². The molecule has 0 bridgehead atoms. The fourth-order valence-corrected chi connectivity index (χ4v) is 8.81.